The molecule has 0 aliphatic carbocycles. The van der Waals surface area contributed by atoms with E-state index in [0.29, 0.717) is 24.2 Å². The molecule has 1 fully saturated rings. The van der Waals surface area contributed by atoms with Crippen molar-refractivity contribution >= 4 is 11.6 Å². The molecule has 0 radical (unpaired) electrons. The van der Waals surface area contributed by atoms with E-state index in [0.717, 1.165) is 19.3 Å². The van der Waals surface area contributed by atoms with Crippen LogP contribution in [0.5, 0.6) is 0 Å². The van der Waals surface area contributed by atoms with Gasteiger partial charge in [0.2, 0.25) is 0 Å². The van der Waals surface area contributed by atoms with Crippen molar-refractivity contribution in [1.29, 1.82) is 0 Å². The van der Waals surface area contributed by atoms with Gasteiger partial charge < -0.3 is 10.6 Å². The van der Waals surface area contributed by atoms with Crippen molar-refractivity contribution in [2.45, 2.75) is 32.2 Å². The number of hydrogen-bond donors (Lipinski definition) is 1. The second-order valence-electron chi connectivity index (χ2n) is 5.20. The van der Waals surface area contributed by atoms with Crippen molar-refractivity contribution in [3.63, 3.8) is 0 Å². The molecule has 6 heteroatoms. The zero-order chi connectivity index (χ0) is 14.7. The highest BCUT2D eigenvalue weighted by molar-refractivity contribution is 5.95. The fourth-order valence-electron chi connectivity index (χ4n) is 2.67. The van der Waals surface area contributed by atoms with E-state index in [1.165, 1.54) is 12.1 Å². The minimum absolute atomic E-state index is 0.0378. The molecule has 2 N–H and O–H groups in total. The molecule has 2 rings (SSSR count). The molecule has 0 aromatic heterocycles. The molecule has 1 aromatic rings. The Hall–Kier alpha value is -1.95. The van der Waals surface area contributed by atoms with Crippen molar-refractivity contribution in [2.75, 3.05) is 13.1 Å². The van der Waals surface area contributed by atoms with Gasteiger partial charge in [-0.1, -0.05) is 0 Å². The van der Waals surface area contributed by atoms with Crippen LogP contribution in [0.2, 0.25) is 0 Å². The Bertz CT molecular complexity index is 530. The Balaban J connectivity index is 2.30. The van der Waals surface area contributed by atoms with E-state index in [-0.39, 0.29) is 17.6 Å². The molecule has 1 aliphatic rings. The molecule has 1 unspecified atom stereocenters. The fourth-order valence-corrected chi connectivity index (χ4v) is 2.67. The van der Waals surface area contributed by atoms with Gasteiger partial charge in [0.05, 0.1) is 4.92 Å². The van der Waals surface area contributed by atoms with Gasteiger partial charge in [-0.05, 0) is 37.8 Å². The van der Waals surface area contributed by atoms with Crippen LogP contribution in [0.4, 0.5) is 5.69 Å². The first-order valence-electron chi connectivity index (χ1n) is 6.80. The van der Waals surface area contributed by atoms with Crippen LogP contribution in [0.1, 0.15) is 35.2 Å². The number of carbonyl (C=O) groups excluding carboxylic acids is 1. The van der Waals surface area contributed by atoms with Gasteiger partial charge in [-0.25, -0.2) is 0 Å². The molecule has 1 amide bonds. The zero-order valence-electron chi connectivity index (χ0n) is 11.5. The summed E-state index contributed by atoms with van der Waals surface area (Å²) in [5, 5.41) is 10.9. The molecule has 1 heterocycles. The fraction of sp³-hybridized carbons (Fsp3) is 0.500. The number of amides is 1. The van der Waals surface area contributed by atoms with Crippen LogP contribution >= 0.6 is 0 Å². The van der Waals surface area contributed by atoms with Gasteiger partial charge in [0, 0.05) is 36.8 Å². The predicted octanol–water partition coefficient (Wildman–Crippen LogP) is 1.86. The minimum Gasteiger partial charge on any atom is -0.334 e. The largest absolute Gasteiger partial charge is 0.334 e. The standard InChI is InChI=1S/C14H19N3O3/c1-10-6-11(8-13(7-10)17(19)20)14(18)16-5-3-2-4-12(16)9-15/h6-8,12H,2-5,9,15H2,1H3. The van der Waals surface area contributed by atoms with Crippen LogP contribution < -0.4 is 5.73 Å². The molecule has 20 heavy (non-hydrogen) atoms. The summed E-state index contributed by atoms with van der Waals surface area (Å²) in [5.74, 6) is -0.160. The van der Waals surface area contributed by atoms with Crippen LogP contribution in [0, 0.1) is 17.0 Å². The lowest BCUT2D eigenvalue weighted by Gasteiger charge is -2.35. The molecule has 108 valence electrons. The average Bonchev–Trinajstić information content (AvgIpc) is 2.45. The number of nitro benzene ring substituents is 1. The molecular formula is C14H19N3O3. The number of piperidine rings is 1. The lowest BCUT2D eigenvalue weighted by Crippen LogP contribution is -2.47. The lowest BCUT2D eigenvalue weighted by molar-refractivity contribution is -0.384. The van der Waals surface area contributed by atoms with Crippen molar-refractivity contribution < 1.29 is 9.72 Å². The van der Waals surface area contributed by atoms with Gasteiger partial charge in [-0.3, -0.25) is 14.9 Å². The van der Waals surface area contributed by atoms with E-state index in [1.807, 2.05) is 0 Å². The number of likely N-dealkylation sites (tertiary alicyclic amines) is 1. The van der Waals surface area contributed by atoms with E-state index in [2.05, 4.69) is 0 Å². The molecule has 1 saturated heterocycles. The van der Waals surface area contributed by atoms with Crippen LogP contribution in [-0.2, 0) is 0 Å². The number of rotatable bonds is 3. The van der Waals surface area contributed by atoms with E-state index in [1.54, 1.807) is 17.9 Å². The first-order valence-corrected chi connectivity index (χ1v) is 6.80. The number of nitro groups is 1. The molecule has 1 aromatic carbocycles. The van der Waals surface area contributed by atoms with Crippen LogP contribution in [0.25, 0.3) is 0 Å². The van der Waals surface area contributed by atoms with E-state index < -0.39 is 4.92 Å². The molecule has 1 atom stereocenters. The quantitative estimate of drug-likeness (QED) is 0.674. The monoisotopic (exact) mass is 277 g/mol. The summed E-state index contributed by atoms with van der Waals surface area (Å²) in [6.07, 6.45) is 2.92. The highest BCUT2D eigenvalue weighted by Crippen LogP contribution is 2.22. The number of nitrogens with zero attached hydrogens (tertiary/aromatic N) is 2. The van der Waals surface area contributed by atoms with Gasteiger partial charge in [-0.15, -0.1) is 0 Å². The number of aryl methyl sites for hydroxylation is 1. The summed E-state index contributed by atoms with van der Waals surface area (Å²) in [5.41, 5.74) is 6.75. The molecule has 0 saturated carbocycles. The second-order valence-corrected chi connectivity index (χ2v) is 5.20. The van der Waals surface area contributed by atoms with Crippen molar-refractivity contribution in [3.8, 4) is 0 Å². The first-order chi connectivity index (χ1) is 9.52. The van der Waals surface area contributed by atoms with Crippen molar-refractivity contribution in [1.82, 2.24) is 4.90 Å². The van der Waals surface area contributed by atoms with E-state index >= 15 is 0 Å². The summed E-state index contributed by atoms with van der Waals surface area (Å²) in [6.45, 7) is 2.85. The Morgan fingerprint density at radius 2 is 2.20 bits per heavy atom. The van der Waals surface area contributed by atoms with Crippen LogP contribution in [-0.4, -0.2) is 34.9 Å². The molecule has 6 nitrogen and oxygen atoms in total. The maximum Gasteiger partial charge on any atom is 0.270 e. The Kier molecular flexibility index (Phi) is 4.34. The van der Waals surface area contributed by atoms with Gasteiger partial charge in [0.25, 0.3) is 11.6 Å². The summed E-state index contributed by atoms with van der Waals surface area (Å²) < 4.78 is 0. The van der Waals surface area contributed by atoms with Crippen molar-refractivity contribution in [3.05, 3.63) is 39.4 Å². The first kappa shape index (κ1) is 14.5. The smallest absolute Gasteiger partial charge is 0.270 e. The normalized spacial score (nSPS) is 18.9. The van der Waals surface area contributed by atoms with Gasteiger partial charge in [-0.2, -0.15) is 0 Å². The summed E-state index contributed by atoms with van der Waals surface area (Å²) in [7, 11) is 0. The molecule has 0 bridgehead atoms. The maximum atomic E-state index is 12.5. The number of nitrogens with two attached hydrogens (primary N) is 1. The molecule has 1 aliphatic heterocycles. The minimum atomic E-state index is -0.472. The Labute approximate surface area is 117 Å². The Morgan fingerprint density at radius 1 is 1.45 bits per heavy atom. The van der Waals surface area contributed by atoms with E-state index in [9.17, 15) is 14.9 Å². The predicted molar refractivity (Wildman–Crippen MR) is 75.6 cm³/mol. The zero-order valence-corrected chi connectivity index (χ0v) is 11.5. The summed E-state index contributed by atoms with van der Waals surface area (Å²) in [4.78, 5) is 24.7. The highest BCUT2D eigenvalue weighted by atomic mass is 16.6. The third kappa shape index (κ3) is 2.96. The number of hydrogen-bond acceptors (Lipinski definition) is 4. The number of non-ortho nitro benzene ring substituents is 1. The van der Waals surface area contributed by atoms with Gasteiger partial charge in [0.15, 0.2) is 0 Å². The topological polar surface area (TPSA) is 89.5 Å². The van der Waals surface area contributed by atoms with Crippen molar-refractivity contribution in [2.24, 2.45) is 5.73 Å². The van der Waals surface area contributed by atoms with Crippen LogP contribution in [0.15, 0.2) is 18.2 Å². The van der Waals surface area contributed by atoms with Crippen LogP contribution in [0.3, 0.4) is 0 Å². The molecule has 0 spiro atoms. The third-order valence-electron chi connectivity index (χ3n) is 3.68. The van der Waals surface area contributed by atoms with Gasteiger partial charge >= 0.3 is 0 Å². The van der Waals surface area contributed by atoms with Gasteiger partial charge in [0.1, 0.15) is 0 Å². The highest BCUT2D eigenvalue weighted by Gasteiger charge is 2.27. The average molecular weight is 277 g/mol. The molecular weight excluding hydrogens is 258 g/mol. The SMILES string of the molecule is Cc1cc(C(=O)N2CCCCC2CN)cc([N+](=O)[O-])c1. The second kappa shape index (κ2) is 6.00. The third-order valence-corrected chi connectivity index (χ3v) is 3.68. The summed E-state index contributed by atoms with van der Waals surface area (Å²) >= 11 is 0. The van der Waals surface area contributed by atoms with E-state index in [4.69, 9.17) is 5.73 Å². The maximum absolute atomic E-state index is 12.5. The number of carbonyl (C=O) groups is 1. The summed E-state index contributed by atoms with van der Waals surface area (Å²) in [6, 6.07) is 4.54. The Morgan fingerprint density at radius 3 is 2.85 bits per heavy atom. The lowest BCUT2D eigenvalue weighted by atomic mass is 10.00. The number of benzene rings is 1.